The highest BCUT2D eigenvalue weighted by molar-refractivity contribution is 5.84. The molecule has 0 aliphatic heterocycles. The van der Waals surface area contributed by atoms with Gasteiger partial charge >= 0.3 is 5.97 Å². The van der Waals surface area contributed by atoms with Crippen LogP contribution in [0.4, 0.5) is 0 Å². The van der Waals surface area contributed by atoms with Crippen molar-refractivity contribution in [3.63, 3.8) is 0 Å². The number of carboxylic acids is 1. The molecule has 1 aromatic carbocycles. The number of aryl methyl sites for hydroxylation is 1. The fraction of sp³-hybridized carbons (Fsp3) is 0.421. The van der Waals surface area contributed by atoms with E-state index in [1.165, 1.54) is 36.6 Å². The van der Waals surface area contributed by atoms with Crippen LogP contribution in [0.2, 0.25) is 0 Å². The van der Waals surface area contributed by atoms with Crippen molar-refractivity contribution >= 4 is 5.97 Å². The van der Waals surface area contributed by atoms with E-state index in [4.69, 9.17) is 5.11 Å². The van der Waals surface area contributed by atoms with E-state index >= 15 is 0 Å². The molecule has 1 N–H and O–H groups in total. The smallest absolute Gasteiger partial charge is 0.356 e. The van der Waals surface area contributed by atoms with Crippen LogP contribution in [0.25, 0.3) is 0 Å². The number of rotatable bonds is 5. The SMILES string of the molecule is Cc1ccc(C2CCCC2N(C)Cc2cnc(C(=O)O)cn2)cc1. The van der Waals surface area contributed by atoms with Crippen LogP contribution in [0.3, 0.4) is 0 Å². The van der Waals surface area contributed by atoms with Gasteiger partial charge in [-0.1, -0.05) is 36.2 Å². The molecule has 0 saturated heterocycles. The van der Waals surface area contributed by atoms with Crippen LogP contribution >= 0.6 is 0 Å². The van der Waals surface area contributed by atoms with E-state index in [9.17, 15) is 4.79 Å². The summed E-state index contributed by atoms with van der Waals surface area (Å²) < 4.78 is 0. The Morgan fingerprint density at radius 3 is 2.58 bits per heavy atom. The summed E-state index contributed by atoms with van der Waals surface area (Å²) in [6, 6.07) is 9.33. The van der Waals surface area contributed by atoms with Gasteiger partial charge < -0.3 is 5.11 Å². The molecular weight excluding hydrogens is 302 g/mol. The maximum Gasteiger partial charge on any atom is 0.356 e. The number of hydrogen-bond donors (Lipinski definition) is 1. The first-order valence-corrected chi connectivity index (χ1v) is 8.35. The molecular formula is C19H23N3O2. The number of carboxylic acid groups (broad SMARTS) is 1. The zero-order valence-electron chi connectivity index (χ0n) is 14.1. The Bertz CT molecular complexity index is 698. The van der Waals surface area contributed by atoms with Crippen LogP contribution in [0, 0.1) is 6.92 Å². The molecule has 1 aliphatic carbocycles. The summed E-state index contributed by atoms with van der Waals surface area (Å²) in [5, 5.41) is 8.90. The Hall–Kier alpha value is -2.27. The lowest BCUT2D eigenvalue weighted by molar-refractivity contribution is 0.0690. The van der Waals surface area contributed by atoms with Gasteiger partial charge in [0.25, 0.3) is 0 Å². The highest BCUT2D eigenvalue weighted by atomic mass is 16.4. The Kier molecular flexibility index (Phi) is 4.90. The molecule has 0 bridgehead atoms. The molecule has 2 atom stereocenters. The highest BCUT2D eigenvalue weighted by Crippen LogP contribution is 2.37. The quantitative estimate of drug-likeness (QED) is 0.914. The molecule has 1 heterocycles. The first kappa shape index (κ1) is 16.6. The van der Waals surface area contributed by atoms with Crippen molar-refractivity contribution in [1.82, 2.24) is 14.9 Å². The second kappa shape index (κ2) is 7.09. The van der Waals surface area contributed by atoms with Crippen molar-refractivity contribution in [3.8, 4) is 0 Å². The van der Waals surface area contributed by atoms with E-state index in [1.54, 1.807) is 6.20 Å². The van der Waals surface area contributed by atoms with Crippen LogP contribution < -0.4 is 0 Å². The number of nitrogens with zero attached hydrogens (tertiary/aromatic N) is 3. The van der Waals surface area contributed by atoms with E-state index in [0.29, 0.717) is 18.5 Å². The van der Waals surface area contributed by atoms with Crippen molar-refractivity contribution in [2.75, 3.05) is 7.05 Å². The molecule has 2 unspecified atom stereocenters. The molecule has 1 saturated carbocycles. The number of benzene rings is 1. The summed E-state index contributed by atoms with van der Waals surface area (Å²) in [6.07, 6.45) is 6.52. The number of likely N-dealkylation sites (N-methyl/N-ethyl adjacent to an activating group) is 1. The van der Waals surface area contributed by atoms with E-state index in [-0.39, 0.29) is 5.69 Å². The van der Waals surface area contributed by atoms with Crippen LogP contribution in [0.1, 0.15) is 52.5 Å². The standard InChI is InChI=1S/C19H23N3O2/c1-13-6-8-14(9-7-13)16-4-3-5-18(16)22(2)12-15-10-21-17(11-20-15)19(23)24/h6-11,16,18H,3-5,12H2,1-2H3,(H,23,24). The zero-order valence-corrected chi connectivity index (χ0v) is 14.1. The summed E-state index contributed by atoms with van der Waals surface area (Å²) in [7, 11) is 2.12. The van der Waals surface area contributed by atoms with Crippen molar-refractivity contribution < 1.29 is 9.90 Å². The summed E-state index contributed by atoms with van der Waals surface area (Å²) in [4.78, 5) is 21.4. The van der Waals surface area contributed by atoms with Gasteiger partial charge in [0, 0.05) is 12.6 Å². The van der Waals surface area contributed by atoms with Crippen molar-refractivity contribution in [2.45, 2.75) is 44.7 Å². The molecule has 3 rings (SSSR count). The molecule has 1 fully saturated rings. The van der Waals surface area contributed by atoms with Gasteiger partial charge in [-0.3, -0.25) is 9.88 Å². The molecule has 2 aromatic rings. The zero-order chi connectivity index (χ0) is 17.1. The Morgan fingerprint density at radius 2 is 1.96 bits per heavy atom. The fourth-order valence-electron chi connectivity index (χ4n) is 3.59. The van der Waals surface area contributed by atoms with Crippen LogP contribution in [-0.4, -0.2) is 39.0 Å². The lowest BCUT2D eigenvalue weighted by atomic mass is 9.92. The van der Waals surface area contributed by atoms with Gasteiger partial charge in [-0.2, -0.15) is 0 Å². The summed E-state index contributed by atoms with van der Waals surface area (Å²) in [6.45, 7) is 2.79. The van der Waals surface area contributed by atoms with Gasteiger partial charge in [-0.05, 0) is 38.3 Å². The first-order valence-electron chi connectivity index (χ1n) is 8.35. The van der Waals surface area contributed by atoms with Gasteiger partial charge in [-0.15, -0.1) is 0 Å². The third kappa shape index (κ3) is 3.62. The summed E-state index contributed by atoms with van der Waals surface area (Å²) in [5.41, 5.74) is 3.48. The molecule has 0 radical (unpaired) electrons. The predicted octanol–water partition coefficient (Wildman–Crippen LogP) is 3.25. The predicted molar refractivity (Wildman–Crippen MR) is 92.0 cm³/mol. The minimum Gasteiger partial charge on any atom is -0.476 e. The van der Waals surface area contributed by atoms with E-state index in [1.807, 2.05) is 0 Å². The maximum atomic E-state index is 10.9. The number of aromatic nitrogens is 2. The average molecular weight is 325 g/mol. The van der Waals surface area contributed by atoms with E-state index in [2.05, 4.69) is 53.1 Å². The maximum absolute atomic E-state index is 10.9. The molecule has 5 heteroatoms. The van der Waals surface area contributed by atoms with Gasteiger partial charge in [0.05, 0.1) is 18.1 Å². The second-order valence-corrected chi connectivity index (χ2v) is 6.63. The van der Waals surface area contributed by atoms with Crippen LogP contribution in [0.5, 0.6) is 0 Å². The normalized spacial score (nSPS) is 20.5. The van der Waals surface area contributed by atoms with Gasteiger partial charge in [-0.25, -0.2) is 9.78 Å². The van der Waals surface area contributed by atoms with E-state index in [0.717, 1.165) is 5.69 Å². The largest absolute Gasteiger partial charge is 0.476 e. The lowest BCUT2D eigenvalue weighted by Crippen LogP contribution is -2.33. The third-order valence-corrected chi connectivity index (χ3v) is 4.89. The van der Waals surface area contributed by atoms with E-state index < -0.39 is 5.97 Å². The molecule has 1 aliphatic rings. The summed E-state index contributed by atoms with van der Waals surface area (Å²) >= 11 is 0. The average Bonchev–Trinajstić information content (AvgIpc) is 3.06. The fourth-order valence-corrected chi connectivity index (χ4v) is 3.59. The summed E-state index contributed by atoms with van der Waals surface area (Å²) in [5.74, 6) is -0.500. The van der Waals surface area contributed by atoms with Gasteiger partial charge in [0.15, 0.2) is 5.69 Å². The van der Waals surface area contributed by atoms with Crippen LogP contribution in [0.15, 0.2) is 36.7 Å². The lowest BCUT2D eigenvalue weighted by Gasteiger charge is -2.29. The number of hydrogen-bond acceptors (Lipinski definition) is 4. The highest BCUT2D eigenvalue weighted by Gasteiger charge is 2.31. The molecule has 5 nitrogen and oxygen atoms in total. The van der Waals surface area contributed by atoms with Crippen LogP contribution in [-0.2, 0) is 6.54 Å². The number of aromatic carboxylic acids is 1. The minimum absolute atomic E-state index is 0.0141. The van der Waals surface area contributed by atoms with Crippen molar-refractivity contribution in [1.29, 1.82) is 0 Å². The second-order valence-electron chi connectivity index (χ2n) is 6.63. The van der Waals surface area contributed by atoms with Gasteiger partial charge in [0.2, 0.25) is 0 Å². The topological polar surface area (TPSA) is 66.3 Å². The monoisotopic (exact) mass is 325 g/mol. The molecule has 0 spiro atoms. The Labute approximate surface area is 142 Å². The third-order valence-electron chi connectivity index (χ3n) is 4.89. The first-order chi connectivity index (χ1) is 11.5. The molecule has 24 heavy (non-hydrogen) atoms. The molecule has 126 valence electrons. The Balaban J connectivity index is 1.70. The molecule has 0 amide bonds. The molecule has 1 aromatic heterocycles. The number of carbonyl (C=O) groups is 1. The van der Waals surface area contributed by atoms with Crippen molar-refractivity contribution in [3.05, 3.63) is 59.2 Å². The van der Waals surface area contributed by atoms with Crippen molar-refractivity contribution in [2.24, 2.45) is 0 Å². The minimum atomic E-state index is -1.04. The Morgan fingerprint density at radius 1 is 1.21 bits per heavy atom. The van der Waals surface area contributed by atoms with Gasteiger partial charge in [0.1, 0.15) is 0 Å².